The summed E-state index contributed by atoms with van der Waals surface area (Å²) in [4.78, 5) is 27.5. The first kappa shape index (κ1) is 21.5. The van der Waals surface area contributed by atoms with E-state index in [9.17, 15) is 4.79 Å². The highest BCUT2D eigenvalue weighted by molar-refractivity contribution is 5.93. The van der Waals surface area contributed by atoms with Gasteiger partial charge in [0.05, 0.1) is 5.54 Å². The Morgan fingerprint density at radius 3 is 2.58 bits per heavy atom. The molecule has 0 atom stereocenters. The molecule has 4 heterocycles. The van der Waals surface area contributed by atoms with Gasteiger partial charge in [0.25, 0.3) is 0 Å². The molecule has 6 rings (SSSR count). The monoisotopic (exact) mass is 452 g/mol. The molecule has 3 N–H and O–H groups in total. The van der Waals surface area contributed by atoms with E-state index in [4.69, 9.17) is 4.98 Å². The number of hydrogen-bond acceptors (Lipinski definition) is 6. The number of quaternary nitrogens is 1. The first-order valence-corrected chi connectivity index (χ1v) is 13.1. The van der Waals surface area contributed by atoms with Crippen molar-refractivity contribution in [1.82, 2.24) is 24.3 Å². The molecule has 0 radical (unpaired) electrons. The molecular formula is C25H38N7O+. The molecule has 1 amide bonds. The number of anilines is 1. The van der Waals surface area contributed by atoms with Gasteiger partial charge in [-0.25, -0.2) is 9.78 Å². The molecule has 8 nitrogen and oxygen atoms in total. The second kappa shape index (κ2) is 8.64. The van der Waals surface area contributed by atoms with Crippen LogP contribution in [0.25, 0.3) is 11.0 Å². The fourth-order valence-electron chi connectivity index (χ4n) is 6.79. The van der Waals surface area contributed by atoms with Crippen molar-refractivity contribution in [2.45, 2.75) is 75.4 Å². The molecule has 2 aliphatic carbocycles. The van der Waals surface area contributed by atoms with Gasteiger partial charge in [0, 0.05) is 49.8 Å². The lowest BCUT2D eigenvalue weighted by Crippen LogP contribution is -2.94. The molecule has 33 heavy (non-hydrogen) atoms. The molecule has 0 aromatic carbocycles. The Morgan fingerprint density at radius 1 is 1.06 bits per heavy atom. The van der Waals surface area contributed by atoms with Crippen molar-refractivity contribution < 1.29 is 10.1 Å². The van der Waals surface area contributed by atoms with Gasteiger partial charge in [0.15, 0.2) is 0 Å². The van der Waals surface area contributed by atoms with E-state index in [-0.39, 0.29) is 11.4 Å². The number of rotatable bonds is 3. The Kier molecular flexibility index (Phi) is 5.63. The maximum Gasteiger partial charge on any atom is 0.359 e. The summed E-state index contributed by atoms with van der Waals surface area (Å²) in [5.41, 5.74) is 1.77. The Hall–Kier alpha value is -2.03. The van der Waals surface area contributed by atoms with E-state index in [1.165, 1.54) is 71.1 Å². The highest BCUT2D eigenvalue weighted by atomic mass is 16.2. The number of aromatic nitrogens is 3. The molecule has 4 aliphatic rings. The van der Waals surface area contributed by atoms with Gasteiger partial charge in [-0.1, -0.05) is 19.3 Å². The van der Waals surface area contributed by atoms with Crippen molar-refractivity contribution in [2.24, 2.45) is 0 Å². The zero-order chi connectivity index (χ0) is 22.4. The average molecular weight is 453 g/mol. The Labute approximate surface area is 196 Å². The zero-order valence-corrected chi connectivity index (χ0v) is 19.9. The minimum atomic E-state index is 0.0233. The molecule has 1 spiro atoms. The molecule has 2 aromatic rings. The maximum absolute atomic E-state index is 12.7. The second-order valence-corrected chi connectivity index (χ2v) is 10.9. The highest BCUT2D eigenvalue weighted by Gasteiger charge is 2.44. The van der Waals surface area contributed by atoms with Crippen LogP contribution in [0.15, 0.2) is 12.3 Å². The van der Waals surface area contributed by atoms with Crippen LogP contribution in [-0.4, -0.2) is 82.1 Å². The van der Waals surface area contributed by atoms with Crippen LogP contribution >= 0.6 is 0 Å². The van der Waals surface area contributed by atoms with Crippen molar-refractivity contribution in [1.29, 1.82) is 0 Å². The lowest BCUT2D eigenvalue weighted by molar-refractivity contribution is -0.574. The number of fused-ring (bicyclic) bond motifs is 4. The number of likely N-dealkylation sites (N-methyl/N-ethyl adjacent to an activating group) is 1. The summed E-state index contributed by atoms with van der Waals surface area (Å²) in [7, 11) is 2.22. The number of nitrogens with two attached hydrogens (primary N) is 1. The molecule has 0 unspecified atom stereocenters. The maximum atomic E-state index is 12.7. The van der Waals surface area contributed by atoms with Crippen LogP contribution in [0.4, 0.5) is 5.95 Å². The SMILES string of the molecule is CN1CCN(C2CCC(Nc3ncc4cc5n(c4n3)C3(CCCCC3)C[NH2+]C5=O)CC2)CC1. The molecule has 1 saturated heterocycles. The van der Waals surface area contributed by atoms with Crippen molar-refractivity contribution in [3.05, 3.63) is 18.0 Å². The van der Waals surface area contributed by atoms with Gasteiger partial charge in [-0.2, -0.15) is 4.98 Å². The molecule has 2 aromatic heterocycles. The molecule has 3 fully saturated rings. The van der Waals surface area contributed by atoms with Gasteiger partial charge < -0.3 is 14.8 Å². The standard InChI is InChI=1S/C25H37N7O/c1-30-11-13-31(14-12-30)20-7-5-19(6-8-20)28-24-26-16-18-15-21-23(33)27-17-25(9-3-2-4-10-25)32(21)22(18)29-24/h15-16,19-20H,2-14,17H2,1H3,(H,27,33)(H,26,28,29)/p+1. The molecular weight excluding hydrogens is 414 g/mol. The van der Waals surface area contributed by atoms with E-state index >= 15 is 0 Å². The number of hydrogen-bond donors (Lipinski definition) is 2. The van der Waals surface area contributed by atoms with Crippen molar-refractivity contribution in [2.75, 3.05) is 45.1 Å². The summed E-state index contributed by atoms with van der Waals surface area (Å²) in [6.07, 6.45) is 12.8. The summed E-state index contributed by atoms with van der Waals surface area (Å²) in [6.45, 7) is 5.63. The summed E-state index contributed by atoms with van der Waals surface area (Å²) in [5.74, 6) is 0.861. The smallest absolute Gasteiger partial charge is 0.351 e. The van der Waals surface area contributed by atoms with Crippen LogP contribution in [0, 0.1) is 0 Å². The van der Waals surface area contributed by atoms with Gasteiger partial charge in [-0.05, 0) is 51.6 Å². The third kappa shape index (κ3) is 3.96. The van der Waals surface area contributed by atoms with Gasteiger partial charge >= 0.3 is 5.91 Å². The van der Waals surface area contributed by atoms with Gasteiger partial charge in [-0.15, -0.1) is 0 Å². The summed E-state index contributed by atoms with van der Waals surface area (Å²) >= 11 is 0. The van der Waals surface area contributed by atoms with Crippen LogP contribution < -0.4 is 10.6 Å². The van der Waals surface area contributed by atoms with E-state index in [0.29, 0.717) is 6.04 Å². The summed E-state index contributed by atoms with van der Waals surface area (Å²) in [5, 5.41) is 6.54. The first-order valence-electron chi connectivity index (χ1n) is 13.1. The first-order chi connectivity index (χ1) is 16.1. The minimum absolute atomic E-state index is 0.0233. The largest absolute Gasteiger partial charge is 0.359 e. The Bertz CT molecular complexity index is 1010. The average Bonchev–Trinajstić information content (AvgIpc) is 3.24. The van der Waals surface area contributed by atoms with Crippen molar-refractivity contribution >= 4 is 22.9 Å². The minimum Gasteiger partial charge on any atom is -0.351 e. The van der Waals surface area contributed by atoms with Crippen molar-refractivity contribution in [3.63, 3.8) is 0 Å². The Morgan fingerprint density at radius 2 is 1.82 bits per heavy atom. The third-order valence-electron chi connectivity index (χ3n) is 8.80. The van der Waals surface area contributed by atoms with Crippen LogP contribution in [0.3, 0.4) is 0 Å². The Balaban J connectivity index is 1.19. The van der Waals surface area contributed by atoms with E-state index in [1.807, 2.05) is 17.6 Å². The molecule has 2 saturated carbocycles. The second-order valence-electron chi connectivity index (χ2n) is 10.9. The molecule has 8 heteroatoms. The predicted octanol–water partition coefficient (Wildman–Crippen LogP) is 1.78. The summed E-state index contributed by atoms with van der Waals surface area (Å²) < 4.78 is 2.29. The van der Waals surface area contributed by atoms with E-state index < -0.39 is 0 Å². The number of carbonyl (C=O) groups excluding carboxylic acids is 1. The molecule has 2 aliphatic heterocycles. The van der Waals surface area contributed by atoms with Crippen molar-refractivity contribution in [3.8, 4) is 0 Å². The third-order valence-corrected chi connectivity index (χ3v) is 8.80. The van der Waals surface area contributed by atoms with Gasteiger partial charge in [-0.3, -0.25) is 10.2 Å². The van der Waals surface area contributed by atoms with Crippen LogP contribution in [0.2, 0.25) is 0 Å². The van der Waals surface area contributed by atoms with E-state index in [0.717, 1.165) is 48.1 Å². The summed E-state index contributed by atoms with van der Waals surface area (Å²) in [6, 6.07) is 3.17. The number of primary amides is 1. The van der Waals surface area contributed by atoms with Crippen LogP contribution in [0.5, 0.6) is 0 Å². The van der Waals surface area contributed by atoms with E-state index in [2.05, 4.69) is 31.7 Å². The number of amides is 1. The van der Waals surface area contributed by atoms with Crippen LogP contribution in [0.1, 0.15) is 68.3 Å². The highest BCUT2D eigenvalue weighted by Crippen LogP contribution is 2.39. The van der Waals surface area contributed by atoms with E-state index in [1.54, 1.807) is 0 Å². The molecule has 0 bridgehead atoms. The lowest BCUT2D eigenvalue weighted by Gasteiger charge is -2.41. The lowest BCUT2D eigenvalue weighted by atomic mass is 9.80. The molecule has 178 valence electrons. The van der Waals surface area contributed by atoms with Gasteiger partial charge in [0.1, 0.15) is 17.9 Å². The number of piperazine rings is 1. The number of carbonyl (C=O) groups is 1. The number of nitrogens with zero attached hydrogens (tertiary/aromatic N) is 5. The van der Waals surface area contributed by atoms with Gasteiger partial charge in [0.2, 0.25) is 5.95 Å². The zero-order valence-electron chi connectivity index (χ0n) is 19.9. The number of nitrogens with one attached hydrogen (secondary N) is 1. The fraction of sp³-hybridized carbons (Fsp3) is 0.720. The quantitative estimate of drug-likeness (QED) is 0.739. The normalized spacial score (nSPS) is 28.8. The topological polar surface area (TPSA) is 82.9 Å². The fourth-order valence-corrected chi connectivity index (χ4v) is 6.79. The predicted molar refractivity (Wildman–Crippen MR) is 128 cm³/mol. The van der Waals surface area contributed by atoms with Crippen LogP contribution in [-0.2, 0) is 5.54 Å².